The summed E-state index contributed by atoms with van der Waals surface area (Å²) in [6, 6.07) is 4.49. The number of aromatic hydroxyl groups is 1. The Morgan fingerprint density at radius 3 is 2.81 bits per heavy atom. The van der Waals surface area contributed by atoms with Gasteiger partial charge >= 0.3 is 0 Å². The Morgan fingerprint density at radius 2 is 2.11 bits per heavy atom. The predicted molar refractivity (Wildman–Crippen MR) is 105 cm³/mol. The van der Waals surface area contributed by atoms with E-state index in [9.17, 15) is 5.11 Å². The van der Waals surface area contributed by atoms with Crippen molar-refractivity contribution in [1.29, 1.82) is 0 Å². The lowest BCUT2D eigenvalue weighted by Gasteiger charge is -2.61. The number of phenols is 1. The van der Waals surface area contributed by atoms with Crippen molar-refractivity contribution in [2.75, 3.05) is 26.8 Å². The second-order valence-electron chi connectivity index (χ2n) is 10.0. The quantitative estimate of drug-likeness (QED) is 0.875. The van der Waals surface area contributed by atoms with E-state index >= 15 is 0 Å². The molecule has 0 amide bonds. The molecule has 0 aromatic heterocycles. The van der Waals surface area contributed by atoms with Gasteiger partial charge in [0.05, 0.1) is 19.3 Å². The topological polar surface area (TPSA) is 41.9 Å². The molecule has 2 aliphatic carbocycles. The molecule has 3 atom stereocenters. The second kappa shape index (κ2) is 6.12. The van der Waals surface area contributed by atoms with Crippen molar-refractivity contribution in [3.05, 3.63) is 23.3 Å². The van der Waals surface area contributed by atoms with Crippen LogP contribution in [0.1, 0.15) is 57.1 Å². The van der Waals surface area contributed by atoms with Gasteiger partial charge in [-0.25, -0.2) is 0 Å². The number of phenolic OH excluding ortho intramolecular Hbond substituents is 1. The Balaban J connectivity index is 1.58. The van der Waals surface area contributed by atoms with Gasteiger partial charge in [0.2, 0.25) is 0 Å². The van der Waals surface area contributed by atoms with E-state index in [1.54, 1.807) is 13.2 Å². The fraction of sp³-hybridized carbons (Fsp3) is 0.739. The van der Waals surface area contributed by atoms with E-state index in [1.165, 1.54) is 31.4 Å². The van der Waals surface area contributed by atoms with Crippen LogP contribution >= 0.6 is 0 Å². The number of piperidine rings is 1. The fourth-order valence-corrected chi connectivity index (χ4v) is 6.27. The van der Waals surface area contributed by atoms with Crippen LogP contribution in [0.25, 0.3) is 0 Å². The Morgan fingerprint density at radius 1 is 1.30 bits per heavy atom. The third-order valence-electron chi connectivity index (χ3n) is 8.02. The number of methoxy groups -OCH3 is 1. The van der Waals surface area contributed by atoms with Crippen LogP contribution in [0.4, 0.5) is 0 Å². The van der Waals surface area contributed by atoms with E-state index < -0.39 is 0 Å². The van der Waals surface area contributed by atoms with Gasteiger partial charge in [0, 0.05) is 24.1 Å². The molecule has 0 unspecified atom stereocenters. The van der Waals surface area contributed by atoms with Crippen molar-refractivity contribution in [2.24, 2.45) is 11.8 Å². The molecule has 27 heavy (non-hydrogen) atoms. The molecule has 4 nitrogen and oxygen atoms in total. The Hall–Kier alpha value is -1.26. The highest BCUT2D eigenvalue weighted by atomic mass is 16.5. The average Bonchev–Trinajstić information content (AvgIpc) is 2.59. The molecule has 1 aromatic rings. The van der Waals surface area contributed by atoms with Crippen molar-refractivity contribution >= 4 is 0 Å². The molecule has 1 saturated carbocycles. The van der Waals surface area contributed by atoms with Crippen molar-refractivity contribution in [1.82, 2.24) is 4.90 Å². The SMILES string of the molecule is COc1cc(O)c2c(c1)[C@]13CCN(CC4CCC4)[C@H](C2)[C@@H]1CC(C)(C)OC3. The molecule has 2 heterocycles. The number of likely N-dealkylation sites (tertiary alicyclic amines) is 1. The van der Waals surface area contributed by atoms with Crippen molar-refractivity contribution in [2.45, 2.75) is 69.4 Å². The Bertz CT molecular complexity index is 741. The van der Waals surface area contributed by atoms with E-state index in [2.05, 4.69) is 24.8 Å². The highest BCUT2D eigenvalue weighted by molar-refractivity contribution is 5.53. The first kappa shape index (κ1) is 17.8. The van der Waals surface area contributed by atoms with E-state index in [0.717, 1.165) is 49.6 Å². The second-order valence-corrected chi connectivity index (χ2v) is 10.0. The number of hydrogen-bond donors (Lipinski definition) is 1. The predicted octanol–water partition coefficient (Wildman–Crippen LogP) is 3.88. The largest absolute Gasteiger partial charge is 0.508 e. The standard InChI is InChI=1S/C23H33NO3/c1-22(2)12-19-20-11-17-18(9-16(26-3)10-21(17)25)23(19,14-27-22)7-8-24(20)13-15-5-4-6-15/h9-10,15,19-20,25H,4-8,11-14H2,1-3H3/t19-,20+,23+/m0/s1. The van der Waals surface area contributed by atoms with Gasteiger partial charge in [0.1, 0.15) is 11.5 Å². The van der Waals surface area contributed by atoms with Gasteiger partial charge in [-0.1, -0.05) is 6.42 Å². The summed E-state index contributed by atoms with van der Waals surface area (Å²) >= 11 is 0. The van der Waals surface area contributed by atoms with Gasteiger partial charge in [-0.3, -0.25) is 4.90 Å². The molecule has 2 saturated heterocycles. The number of nitrogens with zero attached hydrogens (tertiary/aromatic N) is 1. The number of fused-ring (bicyclic) bond motifs is 1. The smallest absolute Gasteiger partial charge is 0.122 e. The summed E-state index contributed by atoms with van der Waals surface area (Å²) in [5.41, 5.74) is 2.39. The summed E-state index contributed by atoms with van der Waals surface area (Å²) in [6.45, 7) is 7.64. The van der Waals surface area contributed by atoms with Gasteiger partial charge in [-0.15, -0.1) is 0 Å². The monoisotopic (exact) mass is 371 g/mol. The van der Waals surface area contributed by atoms with Gasteiger partial charge in [-0.05, 0) is 81.5 Å². The molecule has 5 rings (SSSR count). The van der Waals surface area contributed by atoms with Crippen LogP contribution in [0.15, 0.2) is 12.1 Å². The first-order valence-electron chi connectivity index (χ1n) is 10.7. The van der Waals surface area contributed by atoms with Gasteiger partial charge in [0.15, 0.2) is 0 Å². The molecule has 2 bridgehead atoms. The summed E-state index contributed by atoms with van der Waals surface area (Å²) < 4.78 is 11.9. The summed E-state index contributed by atoms with van der Waals surface area (Å²) in [4.78, 5) is 2.76. The molecule has 1 N–H and O–H groups in total. The molecular formula is C23H33NO3. The van der Waals surface area contributed by atoms with Crippen molar-refractivity contribution in [3.63, 3.8) is 0 Å². The Labute approximate surface area is 162 Å². The maximum Gasteiger partial charge on any atom is 0.122 e. The summed E-state index contributed by atoms with van der Waals surface area (Å²) in [6.07, 6.45) is 7.37. The van der Waals surface area contributed by atoms with Crippen LogP contribution in [-0.4, -0.2) is 48.5 Å². The number of hydrogen-bond acceptors (Lipinski definition) is 4. The van der Waals surface area contributed by atoms with E-state index in [4.69, 9.17) is 9.47 Å². The molecule has 3 fully saturated rings. The average molecular weight is 372 g/mol. The maximum atomic E-state index is 10.8. The van der Waals surface area contributed by atoms with Crippen molar-refractivity contribution < 1.29 is 14.6 Å². The maximum absolute atomic E-state index is 10.8. The van der Waals surface area contributed by atoms with E-state index in [0.29, 0.717) is 17.7 Å². The highest BCUT2D eigenvalue weighted by Crippen LogP contribution is 2.57. The third kappa shape index (κ3) is 2.71. The molecular weight excluding hydrogens is 338 g/mol. The van der Waals surface area contributed by atoms with Crippen LogP contribution in [0.2, 0.25) is 0 Å². The molecule has 4 heteroatoms. The lowest BCUT2D eigenvalue weighted by atomic mass is 9.54. The Kier molecular flexibility index (Phi) is 4.04. The third-order valence-corrected chi connectivity index (χ3v) is 8.02. The minimum absolute atomic E-state index is 0.0237. The molecule has 2 aliphatic heterocycles. The van der Waals surface area contributed by atoms with Crippen LogP contribution in [0.5, 0.6) is 11.5 Å². The normalized spacial score (nSPS) is 35.1. The zero-order valence-corrected chi connectivity index (χ0v) is 17.0. The van der Waals surface area contributed by atoms with Crippen LogP contribution in [0.3, 0.4) is 0 Å². The van der Waals surface area contributed by atoms with E-state index in [1.807, 2.05) is 0 Å². The molecule has 0 spiro atoms. The first-order valence-corrected chi connectivity index (χ1v) is 10.7. The molecule has 0 radical (unpaired) electrons. The zero-order chi connectivity index (χ0) is 18.8. The van der Waals surface area contributed by atoms with Crippen LogP contribution in [-0.2, 0) is 16.6 Å². The zero-order valence-electron chi connectivity index (χ0n) is 17.0. The number of benzene rings is 1. The lowest BCUT2D eigenvalue weighted by molar-refractivity contribution is -0.158. The van der Waals surface area contributed by atoms with Gasteiger partial charge < -0.3 is 14.6 Å². The fourth-order valence-electron chi connectivity index (χ4n) is 6.27. The number of ether oxygens (including phenoxy) is 2. The van der Waals surface area contributed by atoms with Gasteiger partial charge in [0.25, 0.3) is 0 Å². The van der Waals surface area contributed by atoms with Crippen molar-refractivity contribution in [3.8, 4) is 11.5 Å². The molecule has 1 aromatic carbocycles. The summed E-state index contributed by atoms with van der Waals surface area (Å²) in [7, 11) is 1.68. The first-order chi connectivity index (χ1) is 12.9. The number of rotatable bonds is 3. The molecule has 148 valence electrons. The lowest BCUT2D eigenvalue weighted by Crippen LogP contribution is -2.66. The highest BCUT2D eigenvalue weighted by Gasteiger charge is 2.58. The van der Waals surface area contributed by atoms with Gasteiger partial charge in [-0.2, -0.15) is 0 Å². The minimum Gasteiger partial charge on any atom is -0.508 e. The van der Waals surface area contributed by atoms with Crippen LogP contribution in [0, 0.1) is 11.8 Å². The van der Waals surface area contributed by atoms with Crippen LogP contribution < -0.4 is 4.74 Å². The summed E-state index contributed by atoms with van der Waals surface area (Å²) in [5.74, 6) is 2.65. The minimum atomic E-state index is -0.0652. The molecule has 4 aliphatic rings. The van der Waals surface area contributed by atoms with E-state index in [-0.39, 0.29) is 11.0 Å². The summed E-state index contributed by atoms with van der Waals surface area (Å²) in [5, 5.41) is 10.8.